The van der Waals surface area contributed by atoms with Crippen LogP contribution in [-0.4, -0.2) is 43.9 Å². The highest BCUT2D eigenvalue weighted by Gasteiger charge is 2.30. The molecule has 10 heteroatoms. The van der Waals surface area contributed by atoms with Gasteiger partial charge in [0.2, 0.25) is 0 Å². The number of carbonyl (C=O) groups excluding carboxylic acids is 2. The molecule has 17 rings (SSSR count). The van der Waals surface area contributed by atoms with Crippen LogP contribution in [0.2, 0.25) is 0 Å². The normalized spacial score (nSPS) is 16.3. The standard InChI is InChI=1S/2C11H11N.C11H12O.C11H14.C10H10N2.C10H12O.2C10H10O.C8H14O2/c2*1-8-3-6-11-10(7-8)5-4-9(2)12-11;1-7-3-4-9-6-8(2)11(12)10(9)5-7;1-8-3-4-10-6-9(2)7-11(10)5-8;1-7-3-4-9-10(5-7)11-6-8(2)12-9;2*1-7-3-4-10-9(5-7)6-8(2)11-10;1-7-3-4-9-6-8(2)11-10(9)5-7;1-3-4-7-5-6(2)10-8(7)9/h2*3-7H,1-2H3;3-5,8H,6H2,1-2H3;3-5,9H,6-7H2,1-2H3;3-6H,1-2H3;3-5,8H,6H2,1-2H3;2*3-6H,1-2H3;6-7H,3-5H2,1-2H3. The minimum absolute atomic E-state index is 0.00866. The first kappa shape index (κ1) is 76.1. The molecule has 0 bridgehead atoms. The van der Waals surface area contributed by atoms with Crippen LogP contribution in [0, 0.1) is 108 Å². The predicted molar refractivity (Wildman–Crippen MR) is 422 cm³/mol. The van der Waals surface area contributed by atoms with Gasteiger partial charge >= 0.3 is 5.97 Å². The summed E-state index contributed by atoms with van der Waals surface area (Å²) in [7, 11) is 0. The first-order chi connectivity index (χ1) is 48.7. The van der Waals surface area contributed by atoms with Gasteiger partial charge < -0.3 is 18.3 Å². The fourth-order valence-corrected chi connectivity index (χ4v) is 13.2. The third-order valence-electron chi connectivity index (χ3n) is 18.3. The van der Waals surface area contributed by atoms with Crippen molar-refractivity contribution in [1.29, 1.82) is 0 Å². The fraction of sp³-hybridized carbons (Fsp3) is 0.326. The first-order valence-corrected chi connectivity index (χ1v) is 36.2. The molecule has 10 nitrogen and oxygen atoms in total. The maximum absolute atomic E-state index is 11.5. The lowest BCUT2D eigenvalue weighted by atomic mass is 10.0. The highest BCUT2D eigenvalue weighted by molar-refractivity contribution is 6.02. The molecule has 102 heavy (non-hydrogen) atoms. The zero-order valence-corrected chi connectivity index (χ0v) is 63.5. The zero-order valence-electron chi connectivity index (χ0n) is 63.5. The van der Waals surface area contributed by atoms with Crippen molar-refractivity contribution < 1.29 is 27.9 Å². The molecule has 0 saturated carbocycles. The van der Waals surface area contributed by atoms with E-state index in [4.69, 9.17) is 18.3 Å². The molecule has 5 aromatic heterocycles. The van der Waals surface area contributed by atoms with E-state index in [2.05, 4.69) is 235 Å². The molecule has 528 valence electrons. The Morgan fingerprint density at radius 3 is 1.50 bits per heavy atom. The smallest absolute Gasteiger partial charge is 0.309 e. The monoisotopic (exact) mass is 1360 g/mol. The molecular weight excluding hydrogens is 1260 g/mol. The van der Waals surface area contributed by atoms with E-state index in [0.29, 0.717) is 11.9 Å². The number of hydrogen-bond acceptors (Lipinski definition) is 10. The Labute approximate surface area is 605 Å². The van der Waals surface area contributed by atoms with Gasteiger partial charge in [-0.3, -0.25) is 24.5 Å². The molecule has 4 aliphatic rings. The number of hydrogen-bond donors (Lipinski definition) is 0. The minimum atomic E-state index is 0.00866. The van der Waals surface area contributed by atoms with E-state index < -0.39 is 0 Å². The molecule has 2 aliphatic heterocycles. The van der Waals surface area contributed by atoms with E-state index in [0.717, 1.165) is 111 Å². The van der Waals surface area contributed by atoms with Crippen molar-refractivity contribution in [3.8, 4) is 5.75 Å². The highest BCUT2D eigenvalue weighted by Crippen LogP contribution is 2.31. The number of nitrogens with zero attached hydrogens (tertiary/aromatic N) is 4. The Morgan fingerprint density at radius 1 is 0.382 bits per heavy atom. The Morgan fingerprint density at radius 2 is 0.873 bits per heavy atom. The minimum Gasteiger partial charge on any atom is -0.490 e. The molecule has 0 spiro atoms. The number of Topliss-reactive ketones (excluding diaryl/α,β-unsaturated/α-hetero) is 1. The summed E-state index contributed by atoms with van der Waals surface area (Å²) >= 11 is 0. The summed E-state index contributed by atoms with van der Waals surface area (Å²) in [5.74, 6) is 4.61. The molecule has 1 fully saturated rings. The largest absolute Gasteiger partial charge is 0.490 e. The van der Waals surface area contributed by atoms with Gasteiger partial charge in [-0.1, -0.05) is 152 Å². The van der Waals surface area contributed by atoms with E-state index in [1.807, 2.05) is 91.8 Å². The molecule has 8 aromatic carbocycles. The molecule has 7 heterocycles. The summed E-state index contributed by atoms with van der Waals surface area (Å²) in [6.45, 7) is 37.1. The molecule has 2 aliphatic carbocycles. The van der Waals surface area contributed by atoms with Gasteiger partial charge in [0.25, 0.3) is 0 Å². The van der Waals surface area contributed by atoms with Crippen molar-refractivity contribution in [2.75, 3.05) is 0 Å². The summed E-state index contributed by atoms with van der Waals surface area (Å²) < 4.78 is 21.4. The maximum Gasteiger partial charge on any atom is 0.309 e. The van der Waals surface area contributed by atoms with E-state index in [1.54, 1.807) is 17.3 Å². The van der Waals surface area contributed by atoms with Crippen LogP contribution in [0.1, 0.15) is 160 Å². The van der Waals surface area contributed by atoms with Crippen LogP contribution in [0.15, 0.2) is 197 Å². The van der Waals surface area contributed by atoms with Crippen LogP contribution >= 0.6 is 0 Å². The Balaban J connectivity index is 0.000000134. The van der Waals surface area contributed by atoms with Crippen molar-refractivity contribution in [2.24, 2.45) is 17.8 Å². The quantitative estimate of drug-likeness (QED) is 0.154. The lowest BCUT2D eigenvalue weighted by Crippen LogP contribution is -2.06. The zero-order chi connectivity index (χ0) is 73.3. The predicted octanol–water partition coefficient (Wildman–Crippen LogP) is 23.2. The third kappa shape index (κ3) is 22.0. The van der Waals surface area contributed by atoms with Crippen LogP contribution in [0.25, 0.3) is 54.8 Å². The van der Waals surface area contributed by atoms with Crippen molar-refractivity contribution in [1.82, 2.24) is 19.9 Å². The molecule has 0 amide bonds. The van der Waals surface area contributed by atoms with E-state index in [1.165, 1.54) is 90.0 Å². The first-order valence-electron chi connectivity index (χ1n) is 36.2. The van der Waals surface area contributed by atoms with Crippen LogP contribution in [0.4, 0.5) is 0 Å². The summed E-state index contributed by atoms with van der Waals surface area (Å²) in [6.07, 6.45) is 9.87. The number of aromatic nitrogens is 4. The summed E-state index contributed by atoms with van der Waals surface area (Å²) in [6, 6.07) is 62.9. The second kappa shape index (κ2) is 35.5. The Hall–Kier alpha value is -10.1. The number of furan rings is 2. The third-order valence-corrected chi connectivity index (χ3v) is 18.3. The fourth-order valence-electron chi connectivity index (χ4n) is 13.2. The number of ketones is 1. The SMILES string of the molecule is CCCC1CC(C)OC1=O.Cc1ccc2c(c1)C(=O)C(C)C2.Cc1ccc2c(c1)CC(C)C2.Cc1ccc2c(c1)CC(C)O2.Cc1ccc2cc(C)oc2c1.Cc1ccc2nc(C)ccc2c1.Cc1ccc2nc(C)ccc2c1.Cc1ccc2nc(C)cnc2c1.Cc1ccc2oc(C)cc2c1. The maximum atomic E-state index is 11.5. The lowest BCUT2D eigenvalue weighted by Gasteiger charge is -2.01. The number of pyridine rings is 2. The number of rotatable bonds is 2. The number of benzene rings is 8. The van der Waals surface area contributed by atoms with Gasteiger partial charge in [0.1, 0.15) is 34.5 Å². The topological polar surface area (TPSA) is 130 Å². The van der Waals surface area contributed by atoms with Crippen molar-refractivity contribution in [2.45, 2.75) is 182 Å². The number of carbonyl (C=O) groups is 2. The van der Waals surface area contributed by atoms with Gasteiger partial charge in [-0.2, -0.15) is 0 Å². The number of cyclic esters (lactones) is 1. The van der Waals surface area contributed by atoms with Gasteiger partial charge in [0, 0.05) is 57.0 Å². The number of fused-ring (bicyclic) bond motifs is 8. The Bertz CT molecular complexity index is 4560. The molecule has 5 unspecified atom stereocenters. The van der Waals surface area contributed by atoms with Crippen LogP contribution in [0.5, 0.6) is 5.75 Å². The number of aryl methyl sites for hydroxylation is 13. The summed E-state index contributed by atoms with van der Waals surface area (Å²) in [4.78, 5) is 40.0. The van der Waals surface area contributed by atoms with Crippen molar-refractivity contribution in [3.05, 3.63) is 289 Å². The van der Waals surface area contributed by atoms with E-state index in [9.17, 15) is 9.59 Å². The van der Waals surface area contributed by atoms with Gasteiger partial charge in [-0.05, 0) is 266 Å². The molecular formula is C92H104N4O6. The summed E-state index contributed by atoms with van der Waals surface area (Å²) in [5, 5.41) is 4.83. The van der Waals surface area contributed by atoms with Gasteiger partial charge in [-0.25, -0.2) is 4.98 Å². The van der Waals surface area contributed by atoms with Crippen LogP contribution in [-0.2, 0) is 35.2 Å². The molecule has 0 radical (unpaired) electrons. The second-order valence-corrected chi connectivity index (χ2v) is 28.7. The molecule has 13 aromatic rings. The molecule has 0 N–H and O–H groups in total. The number of esters is 1. The van der Waals surface area contributed by atoms with E-state index >= 15 is 0 Å². The Kier molecular flexibility index (Phi) is 26.5. The molecule has 5 atom stereocenters. The highest BCUT2D eigenvalue weighted by atomic mass is 16.5. The van der Waals surface area contributed by atoms with Gasteiger partial charge in [0.05, 0.1) is 39.8 Å². The van der Waals surface area contributed by atoms with Gasteiger partial charge in [0.15, 0.2) is 5.78 Å². The average molecular weight is 1360 g/mol. The number of ether oxygens (including phenoxy) is 2. The van der Waals surface area contributed by atoms with Crippen LogP contribution < -0.4 is 4.74 Å². The van der Waals surface area contributed by atoms with Crippen molar-refractivity contribution >= 4 is 66.5 Å². The summed E-state index contributed by atoms with van der Waals surface area (Å²) in [5.41, 5.74) is 26.1. The van der Waals surface area contributed by atoms with Crippen LogP contribution in [0.3, 0.4) is 0 Å². The molecule has 1 saturated heterocycles. The second-order valence-electron chi connectivity index (χ2n) is 28.7. The average Bonchev–Trinajstić information content (AvgIpc) is 1.69. The van der Waals surface area contributed by atoms with Crippen molar-refractivity contribution in [3.63, 3.8) is 0 Å². The lowest BCUT2D eigenvalue weighted by molar-refractivity contribution is -0.143. The van der Waals surface area contributed by atoms with E-state index in [-0.39, 0.29) is 23.9 Å². The van der Waals surface area contributed by atoms with Gasteiger partial charge in [-0.15, -0.1) is 0 Å².